The van der Waals surface area contributed by atoms with Gasteiger partial charge in [0, 0.05) is 12.7 Å². The van der Waals surface area contributed by atoms with E-state index in [2.05, 4.69) is 10.4 Å². The van der Waals surface area contributed by atoms with E-state index >= 15 is 0 Å². The van der Waals surface area contributed by atoms with Gasteiger partial charge < -0.3 is 20.7 Å². The van der Waals surface area contributed by atoms with Gasteiger partial charge in [0.25, 0.3) is 0 Å². The van der Waals surface area contributed by atoms with E-state index in [1.165, 1.54) is 10.9 Å². The minimum Gasteiger partial charge on any atom is -0.497 e. The molecule has 8 heteroatoms. The predicted molar refractivity (Wildman–Crippen MR) is 92.1 cm³/mol. The first-order valence-corrected chi connectivity index (χ1v) is 8.09. The molecule has 0 spiro atoms. The van der Waals surface area contributed by atoms with Crippen LogP contribution in [0.5, 0.6) is 5.75 Å². The summed E-state index contributed by atoms with van der Waals surface area (Å²) in [5, 5.41) is 6.83. The van der Waals surface area contributed by atoms with Crippen molar-refractivity contribution in [1.29, 1.82) is 0 Å². The fourth-order valence-electron chi connectivity index (χ4n) is 3.05. The van der Waals surface area contributed by atoms with Crippen LogP contribution in [0.3, 0.4) is 0 Å². The van der Waals surface area contributed by atoms with Gasteiger partial charge in [0.2, 0.25) is 5.91 Å². The lowest BCUT2D eigenvalue weighted by Gasteiger charge is -2.25. The average Bonchev–Trinajstić information content (AvgIpc) is 3.24. The molecule has 0 saturated carbocycles. The van der Waals surface area contributed by atoms with E-state index in [1.807, 2.05) is 29.2 Å². The van der Waals surface area contributed by atoms with E-state index < -0.39 is 5.91 Å². The number of hydrogen-bond donors (Lipinski definition) is 2. The van der Waals surface area contributed by atoms with Gasteiger partial charge in [0.1, 0.15) is 12.3 Å². The van der Waals surface area contributed by atoms with E-state index in [1.54, 1.807) is 13.3 Å². The standard InChI is InChI=1S/C17H21N5O3/c1-25-14-6-4-12(5-7-14)15-3-2-8-22(15)17(24)20-13-9-19-21(10-13)11-16(18)23/h4-7,9-10,15H,2-3,8,11H2,1H3,(H2,18,23)(H,20,24)/t15-/m1/s1. The van der Waals surface area contributed by atoms with E-state index in [-0.39, 0.29) is 18.6 Å². The van der Waals surface area contributed by atoms with E-state index in [4.69, 9.17) is 10.5 Å². The molecule has 0 unspecified atom stereocenters. The Morgan fingerprint density at radius 2 is 2.12 bits per heavy atom. The zero-order chi connectivity index (χ0) is 17.8. The Balaban J connectivity index is 1.67. The minimum absolute atomic E-state index is 0.0198. The number of nitrogens with one attached hydrogen (secondary N) is 1. The maximum atomic E-state index is 12.6. The molecule has 1 aliphatic rings. The van der Waals surface area contributed by atoms with Crippen molar-refractivity contribution < 1.29 is 14.3 Å². The van der Waals surface area contributed by atoms with Gasteiger partial charge >= 0.3 is 6.03 Å². The van der Waals surface area contributed by atoms with Crippen LogP contribution in [-0.2, 0) is 11.3 Å². The first-order chi connectivity index (χ1) is 12.1. The molecule has 1 atom stereocenters. The lowest BCUT2D eigenvalue weighted by Crippen LogP contribution is -2.34. The Hall–Kier alpha value is -3.03. The summed E-state index contributed by atoms with van der Waals surface area (Å²) >= 11 is 0. The number of ether oxygens (including phenoxy) is 1. The maximum Gasteiger partial charge on any atom is 0.322 e. The van der Waals surface area contributed by atoms with Gasteiger partial charge in [-0.25, -0.2) is 4.79 Å². The first kappa shape index (κ1) is 16.8. The zero-order valence-electron chi connectivity index (χ0n) is 14.0. The molecule has 3 amide bonds. The van der Waals surface area contributed by atoms with Crippen molar-refractivity contribution in [2.75, 3.05) is 19.0 Å². The topological polar surface area (TPSA) is 102 Å². The number of methoxy groups -OCH3 is 1. The van der Waals surface area contributed by atoms with Crippen molar-refractivity contribution in [3.8, 4) is 5.75 Å². The van der Waals surface area contributed by atoms with Crippen LogP contribution < -0.4 is 15.8 Å². The number of amides is 3. The molecule has 1 aliphatic heterocycles. The van der Waals surface area contributed by atoms with Crippen molar-refractivity contribution in [3.63, 3.8) is 0 Å². The molecule has 1 aromatic heterocycles. The molecule has 25 heavy (non-hydrogen) atoms. The SMILES string of the molecule is COc1ccc([C@H]2CCCN2C(=O)Nc2cnn(CC(N)=O)c2)cc1. The quantitative estimate of drug-likeness (QED) is 0.863. The first-order valence-electron chi connectivity index (χ1n) is 8.09. The van der Waals surface area contributed by atoms with Crippen molar-refractivity contribution >= 4 is 17.6 Å². The third-order valence-electron chi connectivity index (χ3n) is 4.22. The lowest BCUT2D eigenvalue weighted by molar-refractivity contribution is -0.118. The van der Waals surface area contributed by atoms with Crippen LogP contribution in [0.15, 0.2) is 36.7 Å². The smallest absolute Gasteiger partial charge is 0.322 e. The van der Waals surface area contributed by atoms with Crippen LogP contribution in [0.1, 0.15) is 24.4 Å². The number of nitrogens with zero attached hydrogens (tertiary/aromatic N) is 3. The number of nitrogens with two attached hydrogens (primary N) is 1. The summed E-state index contributed by atoms with van der Waals surface area (Å²) in [5.41, 5.74) is 6.75. The molecule has 2 aromatic rings. The Kier molecular flexibility index (Phi) is 4.87. The van der Waals surface area contributed by atoms with Crippen LogP contribution in [0.2, 0.25) is 0 Å². The molecule has 0 bridgehead atoms. The van der Waals surface area contributed by atoms with Crippen molar-refractivity contribution in [1.82, 2.24) is 14.7 Å². The maximum absolute atomic E-state index is 12.6. The normalized spacial score (nSPS) is 16.7. The molecule has 0 aliphatic carbocycles. The van der Waals surface area contributed by atoms with Crippen molar-refractivity contribution in [2.45, 2.75) is 25.4 Å². The van der Waals surface area contributed by atoms with E-state index in [0.717, 1.165) is 24.2 Å². The van der Waals surface area contributed by atoms with Crippen LogP contribution in [-0.4, -0.2) is 40.3 Å². The van der Waals surface area contributed by atoms with Crippen molar-refractivity contribution in [3.05, 3.63) is 42.2 Å². The molecule has 2 heterocycles. The lowest BCUT2D eigenvalue weighted by atomic mass is 10.0. The predicted octanol–water partition coefficient (Wildman–Crippen LogP) is 1.75. The number of likely N-dealkylation sites (tertiary alicyclic amines) is 1. The second kappa shape index (κ2) is 7.25. The highest BCUT2D eigenvalue weighted by atomic mass is 16.5. The number of aromatic nitrogens is 2. The minimum atomic E-state index is -0.486. The third kappa shape index (κ3) is 3.90. The molecule has 132 valence electrons. The number of carbonyl (C=O) groups is 2. The van der Waals surface area contributed by atoms with Gasteiger partial charge in [-0.2, -0.15) is 5.10 Å². The second-order valence-corrected chi connectivity index (χ2v) is 5.95. The zero-order valence-corrected chi connectivity index (χ0v) is 14.0. The molecular weight excluding hydrogens is 322 g/mol. The number of rotatable bonds is 5. The molecule has 3 N–H and O–H groups in total. The highest BCUT2D eigenvalue weighted by Crippen LogP contribution is 2.33. The third-order valence-corrected chi connectivity index (χ3v) is 4.22. The molecule has 3 rings (SSSR count). The van der Waals surface area contributed by atoms with E-state index in [9.17, 15) is 9.59 Å². The van der Waals surface area contributed by atoms with Crippen LogP contribution in [0.25, 0.3) is 0 Å². The number of benzene rings is 1. The second-order valence-electron chi connectivity index (χ2n) is 5.95. The molecule has 1 aromatic carbocycles. The summed E-state index contributed by atoms with van der Waals surface area (Å²) < 4.78 is 6.57. The molecule has 1 saturated heterocycles. The highest BCUT2D eigenvalue weighted by molar-refractivity contribution is 5.89. The Morgan fingerprint density at radius 1 is 1.36 bits per heavy atom. The Morgan fingerprint density at radius 3 is 2.80 bits per heavy atom. The average molecular weight is 343 g/mol. The van der Waals surface area contributed by atoms with Gasteiger partial charge in [-0.15, -0.1) is 0 Å². The van der Waals surface area contributed by atoms with Gasteiger partial charge in [-0.05, 0) is 30.5 Å². The molecule has 0 radical (unpaired) electrons. The largest absolute Gasteiger partial charge is 0.497 e. The summed E-state index contributed by atoms with van der Waals surface area (Å²) in [4.78, 5) is 25.3. The van der Waals surface area contributed by atoms with Gasteiger partial charge in [0.15, 0.2) is 0 Å². The highest BCUT2D eigenvalue weighted by Gasteiger charge is 2.30. The van der Waals surface area contributed by atoms with Crippen LogP contribution >= 0.6 is 0 Å². The summed E-state index contributed by atoms with van der Waals surface area (Å²) in [7, 11) is 1.63. The Bertz CT molecular complexity index is 756. The van der Waals surface area contributed by atoms with Gasteiger partial charge in [0.05, 0.1) is 25.0 Å². The van der Waals surface area contributed by atoms with Crippen LogP contribution in [0.4, 0.5) is 10.5 Å². The fraction of sp³-hybridized carbons (Fsp3) is 0.353. The number of carbonyl (C=O) groups excluding carboxylic acids is 2. The monoisotopic (exact) mass is 343 g/mol. The summed E-state index contributed by atoms with van der Waals surface area (Å²) in [5.74, 6) is 0.305. The van der Waals surface area contributed by atoms with Gasteiger partial charge in [-0.3, -0.25) is 9.48 Å². The summed E-state index contributed by atoms with van der Waals surface area (Å²) in [6.07, 6.45) is 4.95. The summed E-state index contributed by atoms with van der Waals surface area (Å²) in [6.45, 7) is 0.673. The van der Waals surface area contributed by atoms with E-state index in [0.29, 0.717) is 12.2 Å². The number of primary amides is 1. The number of urea groups is 1. The number of anilines is 1. The van der Waals surface area contributed by atoms with Gasteiger partial charge in [-0.1, -0.05) is 12.1 Å². The van der Waals surface area contributed by atoms with Crippen LogP contribution in [0, 0.1) is 0 Å². The fourth-order valence-corrected chi connectivity index (χ4v) is 3.05. The number of hydrogen-bond acceptors (Lipinski definition) is 4. The van der Waals surface area contributed by atoms with Crippen molar-refractivity contribution in [2.24, 2.45) is 5.73 Å². The molecule has 8 nitrogen and oxygen atoms in total. The molecule has 1 fully saturated rings. The summed E-state index contributed by atoms with van der Waals surface area (Å²) in [6, 6.07) is 7.62. The molecular formula is C17H21N5O3. The Labute approximate surface area is 145 Å².